The fraction of sp³-hybridized carbons (Fsp3) is 0.231. The van der Waals surface area contributed by atoms with Crippen molar-refractivity contribution >= 4 is 18.7 Å². The molecule has 2 heteroatoms. The number of carbonyl (C=O) groups excluding carboxylic acids is 1. The van der Waals surface area contributed by atoms with E-state index in [-0.39, 0.29) is 5.91 Å². The predicted octanol–water partition coefficient (Wildman–Crippen LogP) is 2.63. The van der Waals surface area contributed by atoms with E-state index in [0.717, 1.165) is 30.4 Å². The van der Waals surface area contributed by atoms with Crippen molar-refractivity contribution in [1.82, 2.24) is 0 Å². The number of amides is 1. The zero-order valence-electron chi connectivity index (χ0n) is 8.57. The Morgan fingerprint density at radius 1 is 1.27 bits per heavy atom. The van der Waals surface area contributed by atoms with Crippen LogP contribution in [0.5, 0.6) is 0 Å². The second kappa shape index (κ2) is 4.22. The minimum absolute atomic E-state index is 0.188. The van der Waals surface area contributed by atoms with Crippen LogP contribution in [0.15, 0.2) is 34.8 Å². The number of nitrogens with zero attached hydrogens (tertiary/aromatic N) is 1. The maximum atomic E-state index is 11.4. The molecule has 1 aliphatic carbocycles. The highest BCUT2D eigenvalue weighted by Crippen LogP contribution is 2.23. The molecule has 1 aromatic carbocycles. The van der Waals surface area contributed by atoms with Crippen LogP contribution in [0.2, 0.25) is 0 Å². The van der Waals surface area contributed by atoms with Gasteiger partial charge in [0.15, 0.2) is 0 Å². The number of fused-ring (bicyclic) bond motifs is 1. The molecule has 1 aromatic rings. The highest BCUT2D eigenvalue weighted by Gasteiger charge is 2.12. The van der Waals surface area contributed by atoms with Crippen LogP contribution in [0.4, 0.5) is 0 Å². The molecular formula is C13H13NO. The highest BCUT2D eigenvalue weighted by atomic mass is 16.1. The number of carbonyl (C=O) groups is 1. The van der Waals surface area contributed by atoms with Gasteiger partial charge < -0.3 is 0 Å². The summed E-state index contributed by atoms with van der Waals surface area (Å²) in [5, 5.41) is 0. The SMILES string of the molecule is C=NC(=O)C1=Cc2ccccc2CCC1. The fourth-order valence-corrected chi connectivity index (χ4v) is 1.90. The number of benzene rings is 1. The van der Waals surface area contributed by atoms with Gasteiger partial charge in [-0.3, -0.25) is 4.79 Å². The van der Waals surface area contributed by atoms with E-state index in [2.05, 4.69) is 17.8 Å². The Hall–Kier alpha value is -1.70. The third-order valence-corrected chi connectivity index (χ3v) is 2.70. The lowest BCUT2D eigenvalue weighted by Crippen LogP contribution is -1.97. The minimum atomic E-state index is -0.188. The molecule has 2 rings (SSSR count). The van der Waals surface area contributed by atoms with Crippen LogP contribution >= 0.6 is 0 Å². The van der Waals surface area contributed by atoms with Crippen LogP contribution < -0.4 is 0 Å². The van der Waals surface area contributed by atoms with Crippen molar-refractivity contribution in [3.63, 3.8) is 0 Å². The summed E-state index contributed by atoms with van der Waals surface area (Å²) in [4.78, 5) is 14.9. The molecule has 1 amide bonds. The first-order chi connectivity index (χ1) is 7.31. The molecule has 0 saturated carbocycles. The first kappa shape index (κ1) is 9.84. The number of aryl methyl sites for hydroxylation is 1. The summed E-state index contributed by atoms with van der Waals surface area (Å²) >= 11 is 0. The molecule has 2 nitrogen and oxygen atoms in total. The number of rotatable bonds is 1. The standard InChI is InChI=1S/C13H13NO/c1-14-13(15)12-8-4-7-10-5-2-3-6-11(10)9-12/h2-3,5-6,9H,1,4,7-8H2. The van der Waals surface area contributed by atoms with Crippen molar-refractivity contribution in [2.24, 2.45) is 4.99 Å². The molecule has 0 heterocycles. The van der Waals surface area contributed by atoms with Gasteiger partial charge in [-0.05, 0) is 43.2 Å². The van der Waals surface area contributed by atoms with Gasteiger partial charge in [-0.2, -0.15) is 0 Å². The van der Waals surface area contributed by atoms with E-state index in [1.54, 1.807) is 0 Å². The molecule has 0 atom stereocenters. The Morgan fingerprint density at radius 2 is 2.07 bits per heavy atom. The van der Waals surface area contributed by atoms with E-state index in [9.17, 15) is 4.79 Å². The van der Waals surface area contributed by atoms with Crippen LogP contribution in [0.3, 0.4) is 0 Å². The molecule has 0 aliphatic heterocycles. The molecule has 0 saturated heterocycles. The van der Waals surface area contributed by atoms with Gasteiger partial charge in [-0.15, -0.1) is 0 Å². The maximum absolute atomic E-state index is 11.4. The second-order valence-electron chi connectivity index (χ2n) is 3.69. The van der Waals surface area contributed by atoms with Crippen molar-refractivity contribution in [2.45, 2.75) is 19.3 Å². The largest absolute Gasteiger partial charge is 0.272 e. The molecule has 0 radical (unpaired) electrons. The van der Waals surface area contributed by atoms with Crippen molar-refractivity contribution in [1.29, 1.82) is 0 Å². The molecule has 0 N–H and O–H groups in total. The van der Waals surface area contributed by atoms with Crippen molar-refractivity contribution in [2.75, 3.05) is 0 Å². The van der Waals surface area contributed by atoms with Gasteiger partial charge in [0.2, 0.25) is 0 Å². The summed E-state index contributed by atoms with van der Waals surface area (Å²) in [6.07, 6.45) is 4.77. The molecule has 0 aromatic heterocycles. The third-order valence-electron chi connectivity index (χ3n) is 2.70. The van der Waals surface area contributed by atoms with Gasteiger partial charge in [-0.1, -0.05) is 24.3 Å². The van der Waals surface area contributed by atoms with Crippen molar-refractivity contribution in [3.8, 4) is 0 Å². The van der Waals surface area contributed by atoms with Gasteiger partial charge >= 0.3 is 0 Å². The normalized spacial score (nSPS) is 14.8. The molecule has 0 fully saturated rings. The topological polar surface area (TPSA) is 29.4 Å². The van der Waals surface area contributed by atoms with Gasteiger partial charge in [0.25, 0.3) is 5.91 Å². The predicted molar refractivity (Wildman–Crippen MR) is 61.9 cm³/mol. The van der Waals surface area contributed by atoms with Crippen LogP contribution in [0, 0.1) is 0 Å². The average Bonchev–Trinajstić information content (AvgIpc) is 2.49. The fourth-order valence-electron chi connectivity index (χ4n) is 1.90. The number of hydrogen-bond donors (Lipinski definition) is 0. The monoisotopic (exact) mass is 199 g/mol. The average molecular weight is 199 g/mol. The van der Waals surface area contributed by atoms with Crippen molar-refractivity contribution < 1.29 is 4.79 Å². The molecule has 1 aliphatic rings. The Labute approximate surface area is 89.3 Å². The van der Waals surface area contributed by atoms with E-state index in [1.807, 2.05) is 24.3 Å². The van der Waals surface area contributed by atoms with Crippen LogP contribution in [-0.4, -0.2) is 12.6 Å². The Kier molecular flexibility index (Phi) is 2.77. The minimum Gasteiger partial charge on any atom is -0.267 e. The second-order valence-corrected chi connectivity index (χ2v) is 3.69. The first-order valence-electron chi connectivity index (χ1n) is 5.11. The van der Waals surface area contributed by atoms with Crippen LogP contribution in [0.1, 0.15) is 24.0 Å². The smallest absolute Gasteiger partial charge is 0.267 e. The van der Waals surface area contributed by atoms with E-state index in [4.69, 9.17) is 0 Å². The van der Waals surface area contributed by atoms with Gasteiger partial charge in [-0.25, -0.2) is 4.99 Å². The van der Waals surface area contributed by atoms with Gasteiger partial charge in [0, 0.05) is 5.57 Å². The molecule has 0 unspecified atom stereocenters. The lowest BCUT2D eigenvalue weighted by molar-refractivity contribution is -0.114. The lowest BCUT2D eigenvalue weighted by atomic mass is 10.1. The molecule has 0 bridgehead atoms. The summed E-state index contributed by atoms with van der Waals surface area (Å²) in [6.45, 7) is 3.28. The van der Waals surface area contributed by atoms with Crippen LogP contribution in [-0.2, 0) is 11.2 Å². The molecule has 15 heavy (non-hydrogen) atoms. The Balaban J connectivity index is 2.42. The highest BCUT2D eigenvalue weighted by molar-refractivity contribution is 6.00. The number of aliphatic imine (C=N–C) groups is 1. The van der Waals surface area contributed by atoms with E-state index >= 15 is 0 Å². The van der Waals surface area contributed by atoms with E-state index in [0.29, 0.717) is 0 Å². The summed E-state index contributed by atoms with van der Waals surface area (Å²) in [5.41, 5.74) is 3.22. The summed E-state index contributed by atoms with van der Waals surface area (Å²) in [6, 6.07) is 8.17. The van der Waals surface area contributed by atoms with E-state index < -0.39 is 0 Å². The number of hydrogen-bond acceptors (Lipinski definition) is 1. The maximum Gasteiger partial charge on any atom is 0.272 e. The van der Waals surface area contributed by atoms with E-state index in [1.165, 1.54) is 5.56 Å². The zero-order chi connectivity index (χ0) is 10.7. The summed E-state index contributed by atoms with van der Waals surface area (Å²) in [5.74, 6) is -0.188. The lowest BCUT2D eigenvalue weighted by Gasteiger charge is -2.00. The molecular weight excluding hydrogens is 186 g/mol. The Bertz CT molecular complexity index is 432. The van der Waals surface area contributed by atoms with Crippen LogP contribution in [0.25, 0.3) is 6.08 Å². The van der Waals surface area contributed by atoms with Crippen molar-refractivity contribution in [3.05, 3.63) is 41.0 Å². The summed E-state index contributed by atoms with van der Waals surface area (Å²) in [7, 11) is 0. The molecule has 76 valence electrons. The first-order valence-corrected chi connectivity index (χ1v) is 5.11. The summed E-state index contributed by atoms with van der Waals surface area (Å²) < 4.78 is 0. The Morgan fingerprint density at radius 3 is 2.87 bits per heavy atom. The quantitative estimate of drug-likeness (QED) is 0.639. The van der Waals surface area contributed by atoms with Gasteiger partial charge in [0.05, 0.1) is 0 Å². The zero-order valence-corrected chi connectivity index (χ0v) is 8.57. The van der Waals surface area contributed by atoms with Gasteiger partial charge in [0.1, 0.15) is 0 Å². The molecule has 0 spiro atoms. The third kappa shape index (κ3) is 2.04.